The molecule has 0 bridgehead atoms. The van der Waals surface area contributed by atoms with Crippen molar-refractivity contribution >= 4 is 0 Å². The number of hydrogen-bond acceptors (Lipinski definition) is 1. The van der Waals surface area contributed by atoms with Gasteiger partial charge in [0.1, 0.15) is 0 Å². The van der Waals surface area contributed by atoms with E-state index in [0.717, 1.165) is 47.5 Å². The van der Waals surface area contributed by atoms with Crippen molar-refractivity contribution in [3.05, 3.63) is 12.2 Å². The van der Waals surface area contributed by atoms with E-state index in [1.807, 2.05) is 0 Å². The van der Waals surface area contributed by atoms with Gasteiger partial charge in [-0.2, -0.15) is 0 Å². The molecule has 0 amide bonds. The monoisotopic (exact) mass is 285 g/mol. The van der Waals surface area contributed by atoms with Crippen LogP contribution in [0.2, 0.25) is 0 Å². The second-order valence-corrected chi connectivity index (χ2v) is 9.03. The minimum atomic E-state index is 0.900. The van der Waals surface area contributed by atoms with Gasteiger partial charge in [-0.05, 0) is 106 Å². The number of rotatable bonds is 0. The Hall–Kier alpha value is -0.300. The van der Waals surface area contributed by atoms with E-state index in [4.69, 9.17) is 0 Å². The summed E-state index contributed by atoms with van der Waals surface area (Å²) >= 11 is 0. The van der Waals surface area contributed by atoms with E-state index >= 15 is 0 Å². The van der Waals surface area contributed by atoms with Crippen molar-refractivity contribution in [2.24, 2.45) is 41.4 Å². The lowest BCUT2D eigenvalue weighted by molar-refractivity contribution is -0.00501. The fourth-order valence-corrected chi connectivity index (χ4v) is 7.08. The first kappa shape index (κ1) is 13.2. The van der Waals surface area contributed by atoms with Crippen molar-refractivity contribution in [2.45, 2.75) is 63.8 Å². The van der Waals surface area contributed by atoms with Gasteiger partial charge < -0.3 is 5.32 Å². The van der Waals surface area contributed by atoms with Crippen LogP contribution in [-0.2, 0) is 0 Å². The highest BCUT2D eigenvalue weighted by molar-refractivity contribution is 5.03. The van der Waals surface area contributed by atoms with Crippen molar-refractivity contribution in [1.82, 2.24) is 5.32 Å². The summed E-state index contributed by atoms with van der Waals surface area (Å²) in [6.07, 6.45) is 18.6. The molecule has 1 saturated heterocycles. The van der Waals surface area contributed by atoms with Crippen LogP contribution >= 0.6 is 0 Å². The van der Waals surface area contributed by atoms with Crippen molar-refractivity contribution in [3.8, 4) is 0 Å². The van der Waals surface area contributed by atoms with E-state index in [0.29, 0.717) is 0 Å². The first-order chi connectivity index (χ1) is 10.4. The van der Waals surface area contributed by atoms with Gasteiger partial charge in [0.25, 0.3) is 0 Å². The van der Waals surface area contributed by atoms with E-state index in [9.17, 15) is 0 Å². The van der Waals surface area contributed by atoms with Crippen LogP contribution in [0.25, 0.3) is 0 Å². The van der Waals surface area contributed by atoms with Crippen molar-refractivity contribution in [2.75, 3.05) is 6.54 Å². The summed E-state index contributed by atoms with van der Waals surface area (Å²) in [5, 5.41) is 3.80. The highest BCUT2D eigenvalue weighted by atomic mass is 15.0. The third-order valence-electron chi connectivity index (χ3n) is 8.12. The summed E-state index contributed by atoms with van der Waals surface area (Å²) in [5.74, 6) is 7.52. The van der Waals surface area contributed by atoms with E-state index < -0.39 is 0 Å². The molecular formula is C20H31N. The summed E-state index contributed by atoms with van der Waals surface area (Å²) in [4.78, 5) is 0. The fourth-order valence-electron chi connectivity index (χ4n) is 7.08. The van der Waals surface area contributed by atoms with Crippen LogP contribution in [0.5, 0.6) is 0 Å². The lowest BCUT2D eigenvalue weighted by Crippen LogP contribution is -2.45. The molecule has 4 aliphatic carbocycles. The van der Waals surface area contributed by atoms with E-state index in [2.05, 4.69) is 17.5 Å². The lowest BCUT2D eigenvalue weighted by Gasteiger charge is -2.52. The quantitative estimate of drug-likeness (QED) is 0.651. The van der Waals surface area contributed by atoms with Crippen LogP contribution in [0.15, 0.2) is 12.2 Å². The van der Waals surface area contributed by atoms with E-state index in [-0.39, 0.29) is 0 Å². The highest BCUT2D eigenvalue weighted by Crippen LogP contribution is 2.55. The Morgan fingerprint density at radius 1 is 0.571 bits per heavy atom. The zero-order valence-electron chi connectivity index (χ0n) is 13.3. The molecule has 8 atom stereocenters. The van der Waals surface area contributed by atoms with Gasteiger partial charge in [0, 0.05) is 6.04 Å². The molecule has 5 aliphatic rings. The van der Waals surface area contributed by atoms with Crippen LogP contribution in [0.3, 0.4) is 0 Å². The normalized spacial score (nSPS) is 55.2. The molecule has 1 heteroatoms. The van der Waals surface area contributed by atoms with Gasteiger partial charge in [0.05, 0.1) is 0 Å². The van der Waals surface area contributed by atoms with Crippen LogP contribution < -0.4 is 5.32 Å². The molecule has 1 N–H and O–H groups in total. The van der Waals surface area contributed by atoms with Crippen LogP contribution in [-0.4, -0.2) is 12.6 Å². The molecule has 1 nitrogen and oxygen atoms in total. The smallest absolute Gasteiger partial charge is 0.00986 e. The Bertz CT molecular complexity index is 390. The van der Waals surface area contributed by atoms with Crippen molar-refractivity contribution < 1.29 is 0 Å². The minimum Gasteiger partial charge on any atom is -0.314 e. The Balaban J connectivity index is 1.32. The number of hydrogen-bond donors (Lipinski definition) is 1. The molecule has 0 aromatic carbocycles. The van der Waals surface area contributed by atoms with Gasteiger partial charge >= 0.3 is 0 Å². The van der Waals surface area contributed by atoms with Crippen molar-refractivity contribution in [3.63, 3.8) is 0 Å². The maximum Gasteiger partial charge on any atom is 0.00986 e. The summed E-state index contributed by atoms with van der Waals surface area (Å²) < 4.78 is 0. The first-order valence-electron chi connectivity index (χ1n) is 9.75. The standard InChI is InChI=1S/C20H31N/c1-2-4-14-8-17-11-19-12-20-15(5-6-21-20)9-18(19)10-16(17)7-13(14)3-1/h1-2,13-21H,3-12H2. The molecule has 0 aromatic heterocycles. The van der Waals surface area contributed by atoms with Crippen LogP contribution in [0.1, 0.15) is 57.8 Å². The highest BCUT2D eigenvalue weighted by Gasteiger charge is 2.47. The third kappa shape index (κ3) is 2.22. The average Bonchev–Trinajstić information content (AvgIpc) is 2.95. The van der Waals surface area contributed by atoms with Gasteiger partial charge in [-0.25, -0.2) is 0 Å². The minimum absolute atomic E-state index is 0.900. The molecular weight excluding hydrogens is 254 g/mol. The fraction of sp³-hybridized carbons (Fsp3) is 0.900. The molecule has 0 aromatic rings. The topological polar surface area (TPSA) is 12.0 Å². The van der Waals surface area contributed by atoms with Crippen molar-refractivity contribution in [1.29, 1.82) is 0 Å². The molecule has 4 fully saturated rings. The second-order valence-electron chi connectivity index (χ2n) is 9.03. The summed E-state index contributed by atoms with van der Waals surface area (Å²) in [5.41, 5.74) is 0. The molecule has 1 aliphatic heterocycles. The Labute approximate surface area is 130 Å². The van der Waals surface area contributed by atoms with E-state index in [1.165, 1.54) is 32.2 Å². The molecule has 3 saturated carbocycles. The van der Waals surface area contributed by atoms with Gasteiger partial charge in [-0.15, -0.1) is 0 Å². The zero-order valence-corrected chi connectivity index (χ0v) is 13.3. The van der Waals surface area contributed by atoms with Crippen LogP contribution in [0.4, 0.5) is 0 Å². The van der Waals surface area contributed by atoms with Gasteiger partial charge in [0.2, 0.25) is 0 Å². The molecule has 5 rings (SSSR count). The number of allylic oxidation sites excluding steroid dienone is 2. The summed E-state index contributed by atoms with van der Waals surface area (Å²) in [6.45, 7) is 1.30. The first-order valence-corrected chi connectivity index (χ1v) is 9.75. The average molecular weight is 285 g/mol. The predicted molar refractivity (Wildman–Crippen MR) is 86.9 cm³/mol. The molecule has 21 heavy (non-hydrogen) atoms. The second kappa shape index (κ2) is 5.11. The molecule has 8 unspecified atom stereocenters. The Kier molecular flexibility index (Phi) is 3.21. The number of nitrogens with one attached hydrogen (secondary N) is 1. The predicted octanol–water partition coefficient (Wildman–Crippen LogP) is 4.39. The largest absolute Gasteiger partial charge is 0.314 e. The van der Waals surface area contributed by atoms with E-state index in [1.54, 1.807) is 32.1 Å². The van der Waals surface area contributed by atoms with Gasteiger partial charge in [0.15, 0.2) is 0 Å². The lowest BCUT2D eigenvalue weighted by atomic mass is 9.54. The Morgan fingerprint density at radius 2 is 1.10 bits per heavy atom. The molecule has 0 spiro atoms. The third-order valence-corrected chi connectivity index (χ3v) is 8.12. The SMILES string of the molecule is C1=CCC2CC3CC4CC5NCCC5CC4CC3CC2C1. The van der Waals surface area contributed by atoms with Crippen LogP contribution in [0, 0.1) is 41.4 Å². The Morgan fingerprint density at radius 3 is 1.76 bits per heavy atom. The molecule has 116 valence electrons. The zero-order chi connectivity index (χ0) is 13.8. The maximum atomic E-state index is 3.80. The summed E-state index contributed by atoms with van der Waals surface area (Å²) in [7, 11) is 0. The van der Waals surface area contributed by atoms with Gasteiger partial charge in [-0.3, -0.25) is 0 Å². The molecule has 0 radical (unpaired) electrons. The maximum absolute atomic E-state index is 3.80. The van der Waals surface area contributed by atoms with Gasteiger partial charge in [-0.1, -0.05) is 12.2 Å². The molecule has 1 heterocycles. The summed E-state index contributed by atoms with van der Waals surface area (Å²) in [6, 6.07) is 0.900. The number of fused-ring (bicyclic) bond motifs is 4.